The van der Waals surface area contributed by atoms with Crippen LogP contribution < -0.4 is 15.7 Å². The highest BCUT2D eigenvalue weighted by Gasteiger charge is 2.29. The van der Waals surface area contributed by atoms with Crippen LogP contribution in [0.2, 0.25) is 0 Å². The fraction of sp³-hybridized carbons (Fsp3) is 0.560. The Labute approximate surface area is 188 Å². The number of ether oxygens (including phenoxy) is 2. The number of benzene rings is 1. The lowest BCUT2D eigenvalue weighted by Gasteiger charge is -2.28. The SMILES string of the molecule is Cc1c(C)c2ccc(OC(=O)C3CCC(CNC(=O)OC(C)(C)C)CC3)c(C)c2oc1=O. The molecule has 1 aliphatic carbocycles. The first kappa shape index (κ1) is 23.8. The van der Waals surface area contributed by atoms with Crippen LogP contribution in [0.15, 0.2) is 21.3 Å². The van der Waals surface area contributed by atoms with Gasteiger partial charge in [-0.2, -0.15) is 0 Å². The number of rotatable bonds is 4. The predicted molar refractivity (Wildman–Crippen MR) is 122 cm³/mol. The average molecular weight is 444 g/mol. The number of hydrogen-bond acceptors (Lipinski definition) is 6. The van der Waals surface area contributed by atoms with E-state index in [0.29, 0.717) is 47.8 Å². The summed E-state index contributed by atoms with van der Waals surface area (Å²) in [6, 6.07) is 3.59. The van der Waals surface area contributed by atoms with Crippen molar-refractivity contribution in [2.75, 3.05) is 6.54 Å². The van der Waals surface area contributed by atoms with E-state index in [1.807, 2.05) is 33.8 Å². The Morgan fingerprint density at radius 1 is 1.03 bits per heavy atom. The number of nitrogens with one attached hydrogen (secondary N) is 1. The largest absolute Gasteiger partial charge is 0.444 e. The van der Waals surface area contributed by atoms with Gasteiger partial charge >= 0.3 is 17.7 Å². The fourth-order valence-corrected chi connectivity index (χ4v) is 4.07. The van der Waals surface area contributed by atoms with Crippen molar-refractivity contribution in [1.29, 1.82) is 0 Å². The second-order valence-electron chi connectivity index (χ2n) is 9.73. The summed E-state index contributed by atoms with van der Waals surface area (Å²) in [5.74, 6) is 0.281. The fourth-order valence-electron chi connectivity index (χ4n) is 4.07. The molecule has 7 heteroatoms. The molecule has 1 amide bonds. The Morgan fingerprint density at radius 3 is 2.31 bits per heavy atom. The highest BCUT2D eigenvalue weighted by atomic mass is 16.6. The summed E-state index contributed by atoms with van der Waals surface area (Å²) in [5, 5.41) is 3.66. The van der Waals surface area contributed by atoms with Crippen molar-refractivity contribution in [3.8, 4) is 5.75 Å². The van der Waals surface area contributed by atoms with Crippen molar-refractivity contribution in [3.05, 3.63) is 39.2 Å². The second-order valence-corrected chi connectivity index (χ2v) is 9.73. The molecule has 1 heterocycles. The third-order valence-corrected chi connectivity index (χ3v) is 6.15. The minimum Gasteiger partial charge on any atom is -0.444 e. The quantitative estimate of drug-likeness (QED) is 0.408. The third kappa shape index (κ3) is 5.50. The first-order chi connectivity index (χ1) is 15.0. The Morgan fingerprint density at radius 2 is 1.69 bits per heavy atom. The Balaban J connectivity index is 1.58. The molecule has 7 nitrogen and oxygen atoms in total. The van der Waals surface area contributed by atoms with Crippen molar-refractivity contribution >= 4 is 23.0 Å². The maximum absolute atomic E-state index is 12.8. The van der Waals surface area contributed by atoms with Crippen molar-refractivity contribution in [1.82, 2.24) is 5.32 Å². The van der Waals surface area contributed by atoms with E-state index >= 15 is 0 Å². The Bertz CT molecular complexity index is 1070. The van der Waals surface area contributed by atoms with E-state index in [2.05, 4.69) is 5.32 Å². The van der Waals surface area contributed by atoms with E-state index in [-0.39, 0.29) is 17.5 Å². The molecule has 0 saturated heterocycles. The molecular weight excluding hydrogens is 410 g/mol. The highest BCUT2D eigenvalue weighted by molar-refractivity contribution is 5.87. The predicted octanol–water partition coefficient (Wildman–Crippen LogP) is 4.95. The topological polar surface area (TPSA) is 94.8 Å². The van der Waals surface area contributed by atoms with Crippen molar-refractivity contribution < 1.29 is 23.5 Å². The van der Waals surface area contributed by atoms with Gasteiger partial charge in [-0.1, -0.05) is 0 Å². The number of carbonyl (C=O) groups is 2. The molecule has 0 unspecified atom stereocenters. The van der Waals surface area contributed by atoms with E-state index in [4.69, 9.17) is 13.9 Å². The van der Waals surface area contributed by atoms with Gasteiger partial charge in [0, 0.05) is 23.1 Å². The molecule has 1 N–H and O–H groups in total. The van der Waals surface area contributed by atoms with Crippen LogP contribution in [-0.4, -0.2) is 24.2 Å². The summed E-state index contributed by atoms with van der Waals surface area (Å²) in [5.41, 5.74) is 1.66. The van der Waals surface area contributed by atoms with Crippen molar-refractivity contribution in [2.45, 2.75) is 72.8 Å². The lowest BCUT2D eigenvalue weighted by molar-refractivity contribution is -0.140. The molecule has 174 valence electrons. The molecule has 0 aliphatic heterocycles. The zero-order valence-electron chi connectivity index (χ0n) is 19.8. The second kappa shape index (κ2) is 9.35. The molecule has 2 aromatic rings. The van der Waals surface area contributed by atoms with E-state index in [0.717, 1.165) is 23.8 Å². The lowest BCUT2D eigenvalue weighted by atomic mass is 9.82. The molecule has 0 spiro atoms. The summed E-state index contributed by atoms with van der Waals surface area (Å²) in [6.07, 6.45) is 2.67. The van der Waals surface area contributed by atoms with E-state index < -0.39 is 11.7 Å². The van der Waals surface area contributed by atoms with Gasteiger partial charge in [0.15, 0.2) is 0 Å². The molecule has 1 aromatic carbocycles. The molecule has 1 aromatic heterocycles. The van der Waals surface area contributed by atoms with Crippen LogP contribution in [0.3, 0.4) is 0 Å². The smallest absolute Gasteiger partial charge is 0.407 e. The maximum atomic E-state index is 12.8. The molecule has 3 rings (SSSR count). The summed E-state index contributed by atoms with van der Waals surface area (Å²) in [7, 11) is 0. The summed E-state index contributed by atoms with van der Waals surface area (Å²) in [6.45, 7) is 11.4. The summed E-state index contributed by atoms with van der Waals surface area (Å²) in [4.78, 5) is 36.7. The Kier molecular flexibility index (Phi) is 6.96. The molecule has 0 atom stereocenters. The molecule has 1 aliphatic rings. The maximum Gasteiger partial charge on any atom is 0.407 e. The van der Waals surface area contributed by atoms with Crippen LogP contribution in [0.1, 0.15) is 63.1 Å². The molecule has 0 bridgehead atoms. The standard InChI is InChI=1S/C25H33NO6/c1-14-15(2)22(27)31-21-16(3)20(12-11-19(14)21)30-23(28)18-9-7-17(8-10-18)13-26-24(29)32-25(4,5)6/h11-12,17-18H,7-10,13H2,1-6H3,(H,26,29). The minimum atomic E-state index is -0.521. The van der Waals surface area contributed by atoms with Crippen LogP contribution in [0.5, 0.6) is 5.75 Å². The molecule has 1 saturated carbocycles. The zero-order chi connectivity index (χ0) is 23.6. The van der Waals surface area contributed by atoms with Crippen LogP contribution in [0.4, 0.5) is 4.79 Å². The van der Waals surface area contributed by atoms with Gasteiger partial charge in [-0.15, -0.1) is 0 Å². The van der Waals surface area contributed by atoms with Gasteiger partial charge in [-0.3, -0.25) is 4.79 Å². The molecular formula is C25H33NO6. The van der Waals surface area contributed by atoms with Gasteiger partial charge in [-0.25, -0.2) is 9.59 Å². The van der Waals surface area contributed by atoms with Crippen molar-refractivity contribution in [2.24, 2.45) is 11.8 Å². The van der Waals surface area contributed by atoms with Gasteiger partial charge in [0.2, 0.25) is 0 Å². The number of alkyl carbamates (subject to hydrolysis) is 1. The minimum absolute atomic E-state index is 0.186. The molecule has 0 radical (unpaired) electrons. The highest BCUT2D eigenvalue weighted by Crippen LogP contribution is 2.33. The summed E-state index contributed by atoms with van der Waals surface area (Å²) < 4.78 is 16.4. The number of amides is 1. The molecule has 1 fully saturated rings. The van der Waals surface area contributed by atoms with Gasteiger partial charge in [0.25, 0.3) is 0 Å². The first-order valence-electron chi connectivity index (χ1n) is 11.2. The number of hydrogen-bond donors (Lipinski definition) is 1. The first-order valence-corrected chi connectivity index (χ1v) is 11.2. The van der Waals surface area contributed by atoms with Crippen LogP contribution in [0.25, 0.3) is 11.0 Å². The number of carbonyl (C=O) groups excluding carboxylic acids is 2. The summed E-state index contributed by atoms with van der Waals surface area (Å²) >= 11 is 0. The van der Waals surface area contributed by atoms with Crippen LogP contribution in [0, 0.1) is 32.6 Å². The van der Waals surface area contributed by atoms with E-state index in [1.165, 1.54) is 0 Å². The monoisotopic (exact) mass is 443 g/mol. The lowest BCUT2D eigenvalue weighted by Crippen LogP contribution is -2.36. The van der Waals surface area contributed by atoms with Gasteiger partial charge < -0.3 is 19.2 Å². The van der Waals surface area contributed by atoms with Gasteiger partial charge in [0.05, 0.1) is 5.92 Å². The number of esters is 1. The van der Waals surface area contributed by atoms with Gasteiger partial charge in [0.1, 0.15) is 16.9 Å². The van der Waals surface area contributed by atoms with Crippen LogP contribution >= 0.6 is 0 Å². The molecule has 32 heavy (non-hydrogen) atoms. The third-order valence-electron chi connectivity index (χ3n) is 6.15. The number of fused-ring (bicyclic) bond motifs is 1. The van der Waals surface area contributed by atoms with Gasteiger partial charge in [-0.05, 0) is 90.8 Å². The van der Waals surface area contributed by atoms with Crippen molar-refractivity contribution in [3.63, 3.8) is 0 Å². The normalized spacial score (nSPS) is 18.9. The van der Waals surface area contributed by atoms with Crippen LogP contribution in [-0.2, 0) is 9.53 Å². The van der Waals surface area contributed by atoms with E-state index in [9.17, 15) is 14.4 Å². The zero-order valence-corrected chi connectivity index (χ0v) is 19.8. The van der Waals surface area contributed by atoms with E-state index in [1.54, 1.807) is 19.9 Å². The Hall–Kier alpha value is -2.83. The average Bonchev–Trinajstić information content (AvgIpc) is 2.72. The number of aryl methyl sites for hydroxylation is 2.